The molecule has 2 heteroatoms. The zero-order valence-corrected chi connectivity index (χ0v) is 13.6. The average molecular weight is 268 g/mol. The number of carbonyl (C=O) groups excluding carboxylic acids is 1. The van der Waals surface area contributed by atoms with Crippen molar-refractivity contribution in [2.45, 2.75) is 67.2 Å². The highest BCUT2D eigenvalue weighted by atomic mass is 16.3. The molecule has 3 atom stereocenters. The maximum Gasteiger partial charge on any atom is 0.139 e. The fourth-order valence-electron chi connectivity index (χ4n) is 3.16. The monoisotopic (exact) mass is 268 g/mol. The van der Waals surface area contributed by atoms with Gasteiger partial charge in [0.25, 0.3) is 0 Å². The van der Waals surface area contributed by atoms with E-state index in [1.165, 1.54) is 0 Å². The Labute approximate surface area is 119 Å². The van der Waals surface area contributed by atoms with Crippen LogP contribution in [-0.2, 0) is 4.79 Å². The van der Waals surface area contributed by atoms with Gasteiger partial charge in [-0.15, -0.1) is 0 Å². The molecule has 0 aromatic carbocycles. The molecule has 2 nitrogen and oxygen atoms in total. The Bertz CT molecular complexity index is 306. The number of carbonyl (C=O) groups is 1. The van der Waals surface area contributed by atoms with E-state index in [1.807, 2.05) is 0 Å². The molecule has 0 radical (unpaired) electrons. The molecule has 0 aromatic heterocycles. The highest BCUT2D eigenvalue weighted by Crippen LogP contribution is 2.44. The van der Waals surface area contributed by atoms with Crippen molar-refractivity contribution in [2.24, 2.45) is 28.6 Å². The molecule has 2 unspecified atom stereocenters. The lowest BCUT2D eigenvalue weighted by molar-refractivity contribution is -0.137. The minimum absolute atomic E-state index is 0.0315. The summed E-state index contributed by atoms with van der Waals surface area (Å²) in [6.45, 7) is 13.4. The molecular weight excluding hydrogens is 236 g/mol. The van der Waals surface area contributed by atoms with E-state index in [-0.39, 0.29) is 29.3 Å². The lowest BCUT2D eigenvalue weighted by atomic mass is 9.61. The largest absolute Gasteiger partial charge is 0.396 e. The van der Waals surface area contributed by atoms with Crippen LogP contribution in [-0.4, -0.2) is 17.5 Å². The predicted molar refractivity (Wildman–Crippen MR) is 79.9 cm³/mol. The van der Waals surface area contributed by atoms with Gasteiger partial charge in [-0.25, -0.2) is 0 Å². The van der Waals surface area contributed by atoms with E-state index < -0.39 is 0 Å². The maximum absolute atomic E-state index is 12.9. The van der Waals surface area contributed by atoms with Crippen LogP contribution >= 0.6 is 0 Å². The summed E-state index contributed by atoms with van der Waals surface area (Å²) in [5.41, 5.74) is 0.216. The van der Waals surface area contributed by atoms with E-state index in [2.05, 4.69) is 41.5 Å². The number of ketones is 1. The van der Waals surface area contributed by atoms with Crippen molar-refractivity contribution >= 4 is 5.78 Å². The molecule has 0 aliphatic heterocycles. The molecule has 0 aromatic rings. The SMILES string of the molecule is CC(C)(C)CC(C(=O)[C@@H]1CCC1CCO)C(C)(C)C. The fraction of sp³-hybridized carbons (Fsp3) is 0.941. The van der Waals surface area contributed by atoms with E-state index >= 15 is 0 Å². The van der Waals surface area contributed by atoms with E-state index in [1.54, 1.807) is 0 Å². The summed E-state index contributed by atoms with van der Waals surface area (Å²) in [7, 11) is 0. The van der Waals surface area contributed by atoms with Crippen molar-refractivity contribution in [1.29, 1.82) is 0 Å². The van der Waals surface area contributed by atoms with Crippen molar-refractivity contribution in [3.8, 4) is 0 Å². The quantitative estimate of drug-likeness (QED) is 0.816. The molecule has 0 amide bonds. The number of aliphatic hydroxyl groups is 1. The van der Waals surface area contributed by atoms with Crippen molar-refractivity contribution in [1.82, 2.24) is 0 Å². The van der Waals surface area contributed by atoms with Gasteiger partial charge in [0.1, 0.15) is 5.78 Å². The Balaban J connectivity index is 2.78. The van der Waals surface area contributed by atoms with E-state index in [0.29, 0.717) is 11.7 Å². The summed E-state index contributed by atoms with van der Waals surface area (Å²) in [6.07, 6.45) is 3.89. The fourth-order valence-corrected chi connectivity index (χ4v) is 3.16. The number of hydrogen-bond acceptors (Lipinski definition) is 2. The van der Waals surface area contributed by atoms with Gasteiger partial charge in [0.2, 0.25) is 0 Å². The van der Waals surface area contributed by atoms with E-state index in [4.69, 9.17) is 5.11 Å². The summed E-state index contributed by atoms with van der Waals surface area (Å²) in [5, 5.41) is 9.07. The minimum atomic E-state index is 0.0315. The third-order valence-corrected chi connectivity index (χ3v) is 4.49. The molecule has 0 saturated heterocycles. The molecule has 0 heterocycles. The van der Waals surface area contributed by atoms with Gasteiger partial charge in [0.15, 0.2) is 0 Å². The Hall–Kier alpha value is -0.370. The summed E-state index contributed by atoms with van der Waals surface area (Å²) in [4.78, 5) is 12.9. The summed E-state index contributed by atoms with van der Waals surface area (Å²) >= 11 is 0. The Morgan fingerprint density at radius 2 is 1.74 bits per heavy atom. The average Bonchev–Trinajstić information content (AvgIpc) is 2.18. The second kappa shape index (κ2) is 5.95. The van der Waals surface area contributed by atoms with Crippen molar-refractivity contribution < 1.29 is 9.90 Å². The van der Waals surface area contributed by atoms with Crippen LogP contribution in [0.5, 0.6) is 0 Å². The van der Waals surface area contributed by atoms with Gasteiger partial charge in [-0.3, -0.25) is 4.79 Å². The van der Waals surface area contributed by atoms with Gasteiger partial charge in [0, 0.05) is 18.4 Å². The lowest BCUT2D eigenvalue weighted by Gasteiger charge is -2.42. The van der Waals surface area contributed by atoms with E-state index in [0.717, 1.165) is 25.7 Å². The first-order valence-electron chi connectivity index (χ1n) is 7.71. The van der Waals surface area contributed by atoms with Crippen LogP contribution in [0.4, 0.5) is 0 Å². The number of Topliss-reactive ketones (excluding diaryl/α,β-unsaturated/α-hetero) is 1. The lowest BCUT2D eigenvalue weighted by Crippen LogP contribution is -2.42. The topological polar surface area (TPSA) is 37.3 Å². The second-order valence-electron chi connectivity index (χ2n) is 8.54. The highest BCUT2D eigenvalue weighted by molar-refractivity contribution is 5.85. The van der Waals surface area contributed by atoms with Gasteiger partial charge >= 0.3 is 0 Å². The van der Waals surface area contributed by atoms with Crippen LogP contribution in [0, 0.1) is 28.6 Å². The maximum atomic E-state index is 12.9. The van der Waals surface area contributed by atoms with Crippen LogP contribution in [0.3, 0.4) is 0 Å². The molecular formula is C17H32O2. The third kappa shape index (κ3) is 4.59. The van der Waals surface area contributed by atoms with Crippen LogP contribution in [0.1, 0.15) is 67.2 Å². The molecule has 1 aliphatic rings. The smallest absolute Gasteiger partial charge is 0.139 e. The molecule has 1 aliphatic carbocycles. The van der Waals surface area contributed by atoms with Gasteiger partial charge in [-0.05, 0) is 42.4 Å². The zero-order chi connectivity index (χ0) is 14.8. The van der Waals surface area contributed by atoms with Crippen molar-refractivity contribution in [3.63, 3.8) is 0 Å². The van der Waals surface area contributed by atoms with Gasteiger partial charge < -0.3 is 5.11 Å². The first kappa shape index (κ1) is 16.7. The first-order chi connectivity index (χ1) is 8.56. The molecule has 112 valence electrons. The Kier molecular flexibility index (Phi) is 5.22. The molecule has 1 fully saturated rings. The summed E-state index contributed by atoms with van der Waals surface area (Å²) < 4.78 is 0. The zero-order valence-electron chi connectivity index (χ0n) is 13.6. The van der Waals surface area contributed by atoms with Crippen molar-refractivity contribution in [3.05, 3.63) is 0 Å². The van der Waals surface area contributed by atoms with Crippen LogP contribution in [0.15, 0.2) is 0 Å². The second-order valence-corrected chi connectivity index (χ2v) is 8.54. The molecule has 1 N–H and O–H groups in total. The van der Waals surface area contributed by atoms with E-state index in [9.17, 15) is 4.79 Å². The number of aliphatic hydroxyl groups excluding tert-OH is 1. The third-order valence-electron chi connectivity index (χ3n) is 4.49. The van der Waals surface area contributed by atoms with Gasteiger partial charge in [-0.1, -0.05) is 41.5 Å². The Morgan fingerprint density at radius 3 is 2.05 bits per heavy atom. The standard InChI is InChI=1S/C17H32O2/c1-16(2,3)11-14(17(4,5)6)15(19)13-8-7-12(13)9-10-18/h12-14,18H,7-11H2,1-6H3/t12?,13-,14?/m1/s1. The van der Waals surface area contributed by atoms with Crippen LogP contribution in [0.25, 0.3) is 0 Å². The van der Waals surface area contributed by atoms with Crippen LogP contribution < -0.4 is 0 Å². The van der Waals surface area contributed by atoms with Gasteiger partial charge in [0.05, 0.1) is 0 Å². The molecule has 1 rings (SSSR count). The molecule has 0 spiro atoms. The van der Waals surface area contributed by atoms with Crippen molar-refractivity contribution in [2.75, 3.05) is 6.61 Å². The summed E-state index contributed by atoms with van der Waals surface area (Å²) in [6, 6.07) is 0. The summed E-state index contributed by atoms with van der Waals surface area (Å²) in [5.74, 6) is 1.23. The molecule has 19 heavy (non-hydrogen) atoms. The predicted octanol–water partition coefficient (Wildman–Crippen LogP) is 4.06. The minimum Gasteiger partial charge on any atom is -0.396 e. The van der Waals surface area contributed by atoms with Crippen LogP contribution in [0.2, 0.25) is 0 Å². The molecule has 0 bridgehead atoms. The van der Waals surface area contributed by atoms with Gasteiger partial charge in [-0.2, -0.15) is 0 Å². The number of rotatable bonds is 5. The Morgan fingerprint density at radius 1 is 1.16 bits per heavy atom. The molecule has 1 saturated carbocycles. The number of hydrogen-bond donors (Lipinski definition) is 1. The first-order valence-corrected chi connectivity index (χ1v) is 7.71. The normalized spacial score (nSPS) is 25.8. The highest BCUT2D eigenvalue weighted by Gasteiger charge is 2.43.